The molecule has 0 aromatic carbocycles. The minimum absolute atomic E-state index is 0.247. The van der Waals surface area contributed by atoms with E-state index in [0.29, 0.717) is 6.54 Å². The average Bonchev–Trinajstić information content (AvgIpc) is 2.67. The van der Waals surface area contributed by atoms with Gasteiger partial charge in [-0.15, -0.1) is 11.3 Å². The Balaban J connectivity index is 1.63. The molecule has 1 aromatic rings. The Bertz CT molecular complexity index is 397. The molecule has 106 valence electrons. The third-order valence-corrected chi connectivity index (χ3v) is 4.28. The molecule has 2 rings (SSSR count). The third kappa shape index (κ3) is 4.91. The van der Waals surface area contributed by atoms with E-state index in [-0.39, 0.29) is 5.91 Å². The van der Waals surface area contributed by atoms with Gasteiger partial charge in [0, 0.05) is 31.4 Å². The van der Waals surface area contributed by atoms with E-state index in [1.54, 1.807) is 11.3 Å². The van der Waals surface area contributed by atoms with E-state index >= 15 is 0 Å². The van der Waals surface area contributed by atoms with Crippen molar-refractivity contribution in [2.45, 2.75) is 39.0 Å². The van der Waals surface area contributed by atoms with E-state index in [1.807, 2.05) is 11.8 Å². The summed E-state index contributed by atoms with van der Waals surface area (Å²) in [4.78, 5) is 18.4. The Morgan fingerprint density at radius 2 is 2.11 bits per heavy atom. The highest BCUT2D eigenvalue weighted by molar-refractivity contribution is 7.09. The van der Waals surface area contributed by atoms with Crippen molar-refractivity contribution < 1.29 is 4.79 Å². The zero-order valence-corrected chi connectivity index (χ0v) is 12.5. The third-order valence-electron chi connectivity index (χ3n) is 3.46. The van der Waals surface area contributed by atoms with E-state index < -0.39 is 0 Å². The van der Waals surface area contributed by atoms with Gasteiger partial charge in [0.25, 0.3) is 0 Å². The molecular formula is C14H23N3OS. The fraction of sp³-hybridized carbons (Fsp3) is 0.714. The summed E-state index contributed by atoms with van der Waals surface area (Å²) in [5, 5.41) is 6.43. The predicted molar refractivity (Wildman–Crippen MR) is 78.5 cm³/mol. The first kappa shape index (κ1) is 14.5. The number of carbonyl (C=O) groups is 1. The van der Waals surface area contributed by atoms with E-state index in [4.69, 9.17) is 0 Å². The number of aryl methyl sites for hydroxylation is 1. The van der Waals surface area contributed by atoms with E-state index in [9.17, 15) is 4.79 Å². The monoisotopic (exact) mass is 281 g/mol. The van der Waals surface area contributed by atoms with Crippen LogP contribution in [0, 0.1) is 6.92 Å². The Morgan fingerprint density at radius 3 is 2.74 bits per heavy atom. The first-order chi connectivity index (χ1) is 9.25. The zero-order valence-electron chi connectivity index (χ0n) is 11.7. The van der Waals surface area contributed by atoms with Gasteiger partial charge in [0.2, 0.25) is 5.91 Å². The average molecular weight is 281 g/mol. The van der Waals surface area contributed by atoms with Crippen molar-refractivity contribution in [2.24, 2.45) is 0 Å². The Kier molecular flexibility index (Phi) is 5.79. The van der Waals surface area contributed by atoms with E-state index in [1.165, 1.54) is 12.8 Å². The summed E-state index contributed by atoms with van der Waals surface area (Å²) in [6.07, 6.45) is 5.74. The smallest absolute Gasteiger partial charge is 0.236 e. The van der Waals surface area contributed by atoms with E-state index in [0.717, 1.165) is 49.6 Å². The first-order valence-electron chi connectivity index (χ1n) is 7.15. The van der Waals surface area contributed by atoms with Crippen molar-refractivity contribution in [3.05, 3.63) is 16.1 Å². The zero-order chi connectivity index (χ0) is 13.5. The fourth-order valence-corrected chi connectivity index (χ4v) is 3.01. The molecule has 0 spiro atoms. The molecule has 1 saturated heterocycles. The molecule has 1 amide bonds. The number of likely N-dealkylation sites (tertiary alicyclic amines) is 1. The SMILES string of the molecule is Cc1nc(CCNCC(=O)N2CCCCCC2)cs1. The van der Waals surface area contributed by atoms with Crippen LogP contribution in [-0.4, -0.2) is 42.0 Å². The van der Waals surface area contributed by atoms with Gasteiger partial charge in [0.1, 0.15) is 0 Å². The number of carbonyl (C=O) groups excluding carboxylic acids is 1. The summed E-state index contributed by atoms with van der Waals surface area (Å²) in [5.74, 6) is 0.247. The molecular weight excluding hydrogens is 258 g/mol. The summed E-state index contributed by atoms with van der Waals surface area (Å²) in [6.45, 7) is 5.17. The minimum Gasteiger partial charge on any atom is -0.342 e. The van der Waals surface area contributed by atoms with Crippen LogP contribution < -0.4 is 5.32 Å². The van der Waals surface area contributed by atoms with Gasteiger partial charge in [-0.25, -0.2) is 4.98 Å². The molecule has 1 N–H and O–H groups in total. The second kappa shape index (κ2) is 7.60. The van der Waals surface area contributed by atoms with Crippen LogP contribution in [-0.2, 0) is 11.2 Å². The lowest BCUT2D eigenvalue weighted by Crippen LogP contribution is -2.39. The van der Waals surface area contributed by atoms with Gasteiger partial charge in [-0.2, -0.15) is 0 Å². The number of thiazole rings is 1. The molecule has 5 heteroatoms. The normalized spacial score (nSPS) is 16.4. The number of nitrogens with zero attached hydrogens (tertiary/aromatic N) is 2. The van der Waals surface area contributed by atoms with Crippen molar-refractivity contribution in [1.82, 2.24) is 15.2 Å². The lowest BCUT2D eigenvalue weighted by Gasteiger charge is -2.20. The van der Waals surface area contributed by atoms with Gasteiger partial charge in [-0.3, -0.25) is 4.79 Å². The topological polar surface area (TPSA) is 45.2 Å². The van der Waals surface area contributed by atoms with Crippen LogP contribution in [0.5, 0.6) is 0 Å². The first-order valence-corrected chi connectivity index (χ1v) is 8.03. The van der Waals surface area contributed by atoms with Gasteiger partial charge in [0.05, 0.1) is 17.2 Å². The molecule has 2 heterocycles. The molecule has 1 aliphatic heterocycles. The van der Waals surface area contributed by atoms with Gasteiger partial charge >= 0.3 is 0 Å². The quantitative estimate of drug-likeness (QED) is 0.840. The predicted octanol–water partition coefficient (Wildman–Crippen LogP) is 1.99. The van der Waals surface area contributed by atoms with Gasteiger partial charge in [-0.1, -0.05) is 12.8 Å². The maximum Gasteiger partial charge on any atom is 0.236 e. The van der Waals surface area contributed by atoms with Crippen LogP contribution in [0.15, 0.2) is 5.38 Å². The van der Waals surface area contributed by atoms with Crippen molar-refractivity contribution in [3.8, 4) is 0 Å². The van der Waals surface area contributed by atoms with Crippen molar-refractivity contribution in [1.29, 1.82) is 0 Å². The molecule has 0 aliphatic carbocycles. The molecule has 0 saturated carbocycles. The largest absolute Gasteiger partial charge is 0.342 e. The summed E-state index contributed by atoms with van der Waals surface area (Å²) in [6, 6.07) is 0. The van der Waals surface area contributed by atoms with Crippen molar-refractivity contribution in [2.75, 3.05) is 26.2 Å². The highest BCUT2D eigenvalue weighted by atomic mass is 32.1. The molecule has 1 fully saturated rings. The van der Waals surface area contributed by atoms with Crippen LogP contribution in [0.25, 0.3) is 0 Å². The molecule has 0 radical (unpaired) electrons. The van der Waals surface area contributed by atoms with Crippen molar-refractivity contribution in [3.63, 3.8) is 0 Å². The van der Waals surface area contributed by atoms with Crippen LogP contribution in [0.4, 0.5) is 0 Å². The number of hydrogen-bond acceptors (Lipinski definition) is 4. The molecule has 1 aromatic heterocycles. The summed E-state index contributed by atoms with van der Waals surface area (Å²) < 4.78 is 0. The number of nitrogens with one attached hydrogen (secondary N) is 1. The molecule has 1 aliphatic rings. The van der Waals surface area contributed by atoms with Crippen LogP contribution in [0.2, 0.25) is 0 Å². The van der Waals surface area contributed by atoms with Gasteiger partial charge < -0.3 is 10.2 Å². The second-order valence-electron chi connectivity index (χ2n) is 5.08. The Hall–Kier alpha value is -0.940. The van der Waals surface area contributed by atoms with Crippen LogP contribution in [0.1, 0.15) is 36.4 Å². The van der Waals surface area contributed by atoms with Crippen LogP contribution >= 0.6 is 11.3 Å². The lowest BCUT2D eigenvalue weighted by atomic mass is 10.2. The Labute approximate surface area is 119 Å². The molecule has 4 nitrogen and oxygen atoms in total. The number of rotatable bonds is 5. The Morgan fingerprint density at radius 1 is 1.37 bits per heavy atom. The highest BCUT2D eigenvalue weighted by Gasteiger charge is 2.14. The van der Waals surface area contributed by atoms with Gasteiger partial charge in [-0.05, 0) is 19.8 Å². The number of amides is 1. The summed E-state index contributed by atoms with van der Waals surface area (Å²) >= 11 is 1.68. The van der Waals surface area contributed by atoms with Crippen LogP contribution in [0.3, 0.4) is 0 Å². The van der Waals surface area contributed by atoms with E-state index in [2.05, 4.69) is 15.7 Å². The van der Waals surface area contributed by atoms with Crippen molar-refractivity contribution >= 4 is 17.2 Å². The molecule has 0 atom stereocenters. The highest BCUT2D eigenvalue weighted by Crippen LogP contribution is 2.09. The fourth-order valence-electron chi connectivity index (χ4n) is 2.37. The maximum atomic E-state index is 12.0. The minimum atomic E-state index is 0.247. The van der Waals surface area contributed by atoms with Gasteiger partial charge in [0.15, 0.2) is 0 Å². The standard InChI is InChI=1S/C14H23N3OS/c1-12-16-13(11-19-12)6-7-15-10-14(18)17-8-4-2-3-5-9-17/h11,15H,2-10H2,1H3. The summed E-state index contributed by atoms with van der Waals surface area (Å²) in [7, 11) is 0. The second-order valence-corrected chi connectivity index (χ2v) is 6.14. The molecule has 19 heavy (non-hydrogen) atoms. The molecule has 0 bridgehead atoms. The molecule has 0 unspecified atom stereocenters. The lowest BCUT2D eigenvalue weighted by molar-refractivity contribution is -0.130. The summed E-state index contributed by atoms with van der Waals surface area (Å²) in [5.41, 5.74) is 1.12. The number of aromatic nitrogens is 1. The maximum absolute atomic E-state index is 12.0. The number of hydrogen-bond donors (Lipinski definition) is 1.